The summed E-state index contributed by atoms with van der Waals surface area (Å²) in [5.41, 5.74) is 2.80. The summed E-state index contributed by atoms with van der Waals surface area (Å²) in [6.07, 6.45) is 2.43. The number of benzene rings is 2. The number of esters is 1. The Bertz CT molecular complexity index is 1110. The van der Waals surface area contributed by atoms with Crippen LogP contribution in [-0.4, -0.2) is 41.8 Å². The lowest BCUT2D eigenvalue weighted by atomic mass is 9.94. The van der Waals surface area contributed by atoms with Gasteiger partial charge in [-0.15, -0.1) is 11.8 Å². The van der Waals surface area contributed by atoms with E-state index >= 15 is 0 Å². The minimum absolute atomic E-state index is 0.278. The molecule has 4 amide bonds. The fourth-order valence-electron chi connectivity index (χ4n) is 3.83. The van der Waals surface area contributed by atoms with E-state index in [0.29, 0.717) is 34.8 Å². The van der Waals surface area contributed by atoms with Gasteiger partial charge in [-0.1, -0.05) is 19.1 Å². The van der Waals surface area contributed by atoms with Crippen molar-refractivity contribution in [1.29, 1.82) is 0 Å². The van der Waals surface area contributed by atoms with Gasteiger partial charge in [0.2, 0.25) is 0 Å². The highest BCUT2D eigenvalue weighted by Gasteiger charge is 2.36. The maximum Gasteiger partial charge on any atom is 0.338 e. The molecule has 0 aliphatic carbocycles. The number of allylic oxidation sites excluding steroid dienone is 1. The number of thioether (sulfide) groups is 1. The summed E-state index contributed by atoms with van der Waals surface area (Å²) in [5.74, 6) is -0.478. The Labute approximate surface area is 210 Å². The zero-order valence-corrected chi connectivity index (χ0v) is 21.5. The fourth-order valence-corrected chi connectivity index (χ4v) is 4.24. The molecule has 0 aromatic heterocycles. The molecular weight excluding hydrogens is 464 g/mol. The summed E-state index contributed by atoms with van der Waals surface area (Å²) in [7, 11) is 0. The van der Waals surface area contributed by atoms with Crippen molar-refractivity contribution < 1.29 is 19.1 Å². The molecule has 1 aliphatic rings. The monoisotopic (exact) mass is 496 g/mol. The van der Waals surface area contributed by atoms with E-state index in [1.165, 1.54) is 0 Å². The number of urea groups is 2. The van der Waals surface area contributed by atoms with Gasteiger partial charge in [-0.2, -0.15) is 0 Å². The van der Waals surface area contributed by atoms with E-state index in [1.807, 2.05) is 37.4 Å². The van der Waals surface area contributed by atoms with Crippen LogP contribution < -0.4 is 16.0 Å². The molecule has 0 bridgehead atoms. The Morgan fingerprint density at radius 2 is 1.80 bits per heavy atom. The lowest BCUT2D eigenvalue weighted by Crippen LogP contribution is -2.48. The molecule has 2 aromatic rings. The van der Waals surface area contributed by atoms with Gasteiger partial charge in [0.1, 0.15) is 0 Å². The number of nitrogens with zero attached hydrogens (tertiary/aromatic N) is 1. The topological polar surface area (TPSA) is 99.8 Å². The average Bonchev–Trinajstić information content (AvgIpc) is 2.81. The largest absolute Gasteiger partial charge is 0.459 e. The minimum atomic E-state index is -0.703. The highest BCUT2D eigenvalue weighted by Crippen LogP contribution is 2.33. The molecule has 35 heavy (non-hydrogen) atoms. The number of hydrogen-bond acceptors (Lipinski definition) is 5. The average molecular weight is 497 g/mol. The number of ether oxygens (including phenoxy) is 1. The zero-order chi connectivity index (χ0) is 25.5. The van der Waals surface area contributed by atoms with Gasteiger partial charge in [0.25, 0.3) is 0 Å². The first-order chi connectivity index (χ1) is 16.7. The molecule has 0 saturated carbocycles. The predicted molar refractivity (Wildman–Crippen MR) is 140 cm³/mol. The van der Waals surface area contributed by atoms with Gasteiger partial charge in [-0.25, -0.2) is 14.4 Å². The summed E-state index contributed by atoms with van der Waals surface area (Å²) in [6.45, 7) is 7.78. The minimum Gasteiger partial charge on any atom is -0.459 e. The van der Waals surface area contributed by atoms with Crippen molar-refractivity contribution in [3.63, 3.8) is 0 Å². The first-order valence-electron chi connectivity index (χ1n) is 11.5. The third-order valence-corrected chi connectivity index (χ3v) is 6.18. The number of rotatable bonds is 8. The fraction of sp³-hybridized carbons (Fsp3) is 0.346. The molecule has 1 heterocycles. The number of carbonyl (C=O) groups is 3. The SMILES string of the molecule is CCCN1C(=O)NC(c2cccc(NC(=O)Nc3ccc(SC)cc3)c2)C(C(=O)OC(C)C)=C1C. The molecule has 1 atom stereocenters. The van der Waals surface area contributed by atoms with Crippen LogP contribution in [0, 0.1) is 0 Å². The van der Waals surface area contributed by atoms with Gasteiger partial charge in [0.05, 0.1) is 17.7 Å². The Hall–Kier alpha value is -3.46. The highest BCUT2D eigenvalue weighted by atomic mass is 32.2. The van der Waals surface area contributed by atoms with Crippen molar-refractivity contribution in [3.05, 3.63) is 65.4 Å². The zero-order valence-electron chi connectivity index (χ0n) is 20.7. The molecule has 9 heteroatoms. The molecule has 0 fully saturated rings. The normalized spacial score (nSPS) is 15.7. The third-order valence-electron chi connectivity index (χ3n) is 5.43. The van der Waals surface area contributed by atoms with Crippen molar-refractivity contribution in [3.8, 4) is 0 Å². The lowest BCUT2D eigenvalue weighted by Gasteiger charge is -2.35. The third kappa shape index (κ3) is 6.57. The quantitative estimate of drug-likeness (QED) is 0.319. The molecule has 186 valence electrons. The van der Waals surface area contributed by atoms with E-state index in [2.05, 4.69) is 16.0 Å². The van der Waals surface area contributed by atoms with Gasteiger partial charge in [-0.3, -0.25) is 4.90 Å². The predicted octanol–water partition coefficient (Wildman–Crippen LogP) is 5.75. The number of amides is 4. The van der Waals surface area contributed by atoms with Crippen LogP contribution in [0.2, 0.25) is 0 Å². The van der Waals surface area contributed by atoms with E-state index in [1.54, 1.807) is 61.7 Å². The van der Waals surface area contributed by atoms with E-state index in [9.17, 15) is 14.4 Å². The van der Waals surface area contributed by atoms with Crippen LogP contribution in [-0.2, 0) is 9.53 Å². The molecule has 8 nitrogen and oxygen atoms in total. The smallest absolute Gasteiger partial charge is 0.338 e. The van der Waals surface area contributed by atoms with E-state index in [0.717, 1.165) is 11.3 Å². The van der Waals surface area contributed by atoms with Gasteiger partial charge >= 0.3 is 18.0 Å². The summed E-state index contributed by atoms with van der Waals surface area (Å²) >= 11 is 1.62. The Kier molecular flexibility index (Phi) is 8.81. The van der Waals surface area contributed by atoms with Crippen molar-refractivity contribution in [2.24, 2.45) is 0 Å². The second-order valence-corrected chi connectivity index (χ2v) is 9.30. The number of hydrogen-bond donors (Lipinski definition) is 3. The van der Waals surface area contributed by atoms with Crippen LogP contribution in [0.3, 0.4) is 0 Å². The molecule has 1 unspecified atom stereocenters. The molecule has 0 saturated heterocycles. The first-order valence-corrected chi connectivity index (χ1v) is 12.8. The highest BCUT2D eigenvalue weighted by molar-refractivity contribution is 7.98. The van der Waals surface area contributed by atoms with Crippen LogP contribution in [0.4, 0.5) is 21.0 Å². The first kappa shape index (κ1) is 26.2. The van der Waals surface area contributed by atoms with Crippen LogP contribution in [0.5, 0.6) is 0 Å². The van der Waals surface area contributed by atoms with Crippen LogP contribution in [0.25, 0.3) is 0 Å². The Balaban J connectivity index is 1.85. The van der Waals surface area contributed by atoms with Crippen LogP contribution >= 0.6 is 11.8 Å². The number of anilines is 2. The Morgan fingerprint density at radius 3 is 2.43 bits per heavy atom. The van der Waals surface area contributed by atoms with Crippen molar-refractivity contribution in [1.82, 2.24) is 10.2 Å². The molecule has 3 rings (SSSR count). The van der Waals surface area contributed by atoms with Gasteiger partial charge < -0.3 is 20.7 Å². The number of carbonyl (C=O) groups excluding carboxylic acids is 3. The molecule has 2 aromatic carbocycles. The summed E-state index contributed by atoms with van der Waals surface area (Å²) in [5, 5.41) is 8.55. The second kappa shape index (κ2) is 11.8. The summed E-state index contributed by atoms with van der Waals surface area (Å²) in [6, 6.07) is 13.2. The Morgan fingerprint density at radius 1 is 1.11 bits per heavy atom. The lowest BCUT2D eigenvalue weighted by molar-refractivity contribution is -0.143. The van der Waals surface area contributed by atoms with Crippen molar-refractivity contribution in [2.45, 2.75) is 51.2 Å². The second-order valence-electron chi connectivity index (χ2n) is 8.42. The maximum atomic E-state index is 13.0. The molecule has 0 radical (unpaired) electrons. The van der Waals surface area contributed by atoms with E-state index in [4.69, 9.17) is 4.74 Å². The molecule has 1 aliphatic heterocycles. The molecule has 0 spiro atoms. The molecular formula is C26H32N4O4S. The van der Waals surface area contributed by atoms with Crippen LogP contribution in [0.15, 0.2) is 64.7 Å². The van der Waals surface area contributed by atoms with E-state index in [-0.39, 0.29) is 12.1 Å². The summed E-state index contributed by atoms with van der Waals surface area (Å²) < 4.78 is 5.50. The van der Waals surface area contributed by atoms with Crippen LogP contribution in [0.1, 0.15) is 45.7 Å². The van der Waals surface area contributed by atoms with Gasteiger partial charge in [0.15, 0.2) is 0 Å². The number of nitrogens with one attached hydrogen (secondary N) is 3. The molecule has 3 N–H and O–H groups in total. The van der Waals surface area contributed by atoms with Crippen molar-refractivity contribution in [2.75, 3.05) is 23.4 Å². The standard InChI is InChI=1S/C26H32N4O4S/c1-6-14-30-17(4)22(24(31)34-16(2)3)23(29-26(30)33)18-8-7-9-20(15-18)28-25(32)27-19-10-12-21(35-5)13-11-19/h7-13,15-16,23H,6,14H2,1-5H3,(H,29,33)(H2,27,28,32). The van der Waals surface area contributed by atoms with Crippen molar-refractivity contribution >= 4 is 41.2 Å². The van der Waals surface area contributed by atoms with E-state index < -0.39 is 18.0 Å². The summed E-state index contributed by atoms with van der Waals surface area (Å²) in [4.78, 5) is 41.1. The maximum absolute atomic E-state index is 13.0. The van der Waals surface area contributed by atoms with Gasteiger partial charge in [0, 0.05) is 28.5 Å². The van der Waals surface area contributed by atoms with Gasteiger partial charge in [-0.05, 0) is 75.4 Å².